The second-order valence-electron chi connectivity index (χ2n) is 3.57. The zero-order valence-corrected chi connectivity index (χ0v) is 12.2. The van der Waals surface area contributed by atoms with E-state index in [-0.39, 0.29) is 0 Å². The Kier molecular flexibility index (Phi) is 4.20. The number of nitriles is 1. The van der Waals surface area contributed by atoms with E-state index in [1.165, 1.54) is 0 Å². The number of hydrogen-bond donors (Lipinski definition) is 2. The number of nitrogens with one attached hydrogen (secondary N) is 2. The first-order valence-electron chi connectivity index (χ1n) is 5.31. The summed E-state index contributed by atoms with van der Waals surface area (Å²) in [6.45, 7) is 0. The molecule has 1 heterocycles. The maximum Gasteiger partial charge on any atom is 0.224 e. The molecule has 0 aliphatic heterocycles. The van der Waals surface area contributed by atoms with E-state index < -0.39 is 0 Å². The predicted octanol–water partition coefficient (Wildman–Crippen LogP) is 3.55. The first-order chi connectivity index (χ1) is 9.13. The summed E-state index contributed by atoms with van der Waals surface area (Å²) in [5.74, 6) is 1.03. The number of halogens is 2. The highest BCUT2D eigenvalue weighted by atomic mass is 79.9. The number of nitrogens with zero attached hydrogens (tertiary/aromatic N) is 3. The lowest BCUT2D eigenvalue weighted by Gasteiger charge is -2.10. The molecule has 0 amide bonds. The lowest BCUT2D eigenvalue weighted by molar-refractivity contribution is 1.14. The zero-order chi connectivity index (χ0) is 13.8. The van der Waals surface area contributed by atoms with Crippen LogP contribution in [0.2, 0.25) is 5.02 Å². The summed E-state index contributed by atoms with van der Waals surface area (Å²) in [5, 5.41) is 15.5. The molecule has 2 rings (SSSR count). The summed E-state index contributed by atoms with van der Waals surface area (Å²) in [6, 6.07) is 7.09. The van der Waals surface area contributed by atoms with Gasteiger partial charge in [-0.15, -0.1) is 0 Å². The predicted molar refractivity (Wildman–Crippen MR) is 78.7 cm³/mol. The van der Waals surface area contributed by atoms with Crippen LogP contribution in [-0.2, 0) is 0 Å². The van der Waals surface area contributed by atoms with Crippen molar-refractivity contribution < 1.29 is 0 Å². The molecular weight excluding hydrogens is 330 g/mol. The smallest absolute Gasteiger partial charge is 0.224 e. The minimum absolute atomic E-state index is 0.478. The van der Waals surface area contributed by atoms with Crippen LogP contribution in [0.1, 0.15) is 5.56 Å². The molecule has 0 unspecified atom stereocenters. The third-order valence-corrected chi connectivity index (χ3v) is 3.14. The molecule has 0 spiro atoms. The summed E-state index contributed by atoms with van der Waals surface area (Å²) < 4.78 is 0.690. The Morgan fingerprint density at radius 3 is 2.89 bits per heavy atom. The highest BCUT2D eigenvalue weighted by Crippen LogP contribution is 2.27. The molecule has 0 atom stereocenters. The van der Waals surface area contributed by atoms with Gasteiger partial charge in [-0.25, -0.2) is 4.98 Å². The zero-order valence-electron chi connectivity index (χ0n) is 9.91. The van der Waals surface area contributed by atoms with Crippen molar-refractivity contribution in [3.05, 3.63) is 39.5 Å². The van der Waals surface area contributed by atoms with Crippen LogP contribution >= 0.6 is 27.5 Å². The highest BCUT2D eigenvalue weighted by molar-refractivity contribution is 9.10. The molecule has 2 aromatic rings. The maximum absolute atomic E-state index is 9.07. The average molecular weight is 339 g/mol. The van der Waals surface area contributed by atoms with Gasteiger partial charge in [-0.2, -0.15) is 10.2 Å². The van der Waals surface area contributed by atoms with Gasteiger partial charge in [-0.3, -0.25) is 0 Å². The summed E-state index contributed by atoms with van der Waals surface area (Å²) in [4.78, 5) is 8.32. The first-order valence-corrected chi connectivity index (χ1v) is 6.48. The van der Waals surface area contributed by atoms with E-state index in [0.29, 0.717) is 32.5 Å². The molecule has 96 valence electrons. The van der Waals surface area contributed by atoms with E-state index >= 15 is 0 Å². The van der Waals surface area contributed by atoms with Crippen molar-refractivity contribution >= 4 is 45.0 Å². The Labute approximate surface area is 123 Å². The molecule has 0 fully saturated rings. The lowest BCUT2D eigenvalue weighted by Crippen LogP contribution is -2.02. The van der Waals surface area contributed by atoms with Gasteiger partial charge in [-0.05, 0) is 34.1 Å². The largest absolute Gasteiger partial charge is 0.357 e. The summed E-state index contributed by atoms with van der Waals surface area (Å²) in [7, 11) is 1.73. The lowest BCUT2D eigenvalue weighted by atomic mass is 10.2. The van der Waals surface area contributed by atoms with E-state index in [1.54, 1.807) is 31.4 Å². The fraction of sp³-hybridized carbons (Fsp3) is 0.0833. The Balaban J connectivity index is 2.41. The Bertz CT molecular complexity index is 653. The van der Waals surface area contributed by atoms with E-state index in [2.05, 4.69) is 42.6 Å². The van der Waals surface area contributed by atoms with Crippen LogP contribution in [0, 0.1) is 11.3 Å². The second-order valence-corrected chi connectivity index (χ2v) is 4.86. The summed E-state index contributed by atoms with van der Waals surface area (Å²) >= 11 is 9.28. The van der Waals surface area contributed by atoms with Gasteiger partial charge in [0.25, 0.3) is 0 Å². The third-order valence-electron chi connectivity index (χ3n) is 2.32. The number of rotatable bonds is 3. The highest BCUT2D eigenvalue weighted by Gasteiger charge is 2.08. The van der Waals surface area contributed by atoms with Crippen LogP contribution in [0.3, 0.4) is 0 Å². The Morgan fingerprint density at radius 1 is 1.42 bits per heavy atom. The van der Waals surface area contributed by atoms with Gasteiger partial charge in [0.2, 0.25) is 5.95 Å². The van der Waals surface area contributed by atoms with Crippen molar-refractivity contribution in [1.29, 1.82) is 5.26 Å². The average Bonchev–Trinajstić information content (AvgIpc) is 2.41. The van der Waals surface area contributed by atoms with Crippen molar-refractivity contribution in [2.24, 2.45) is 0 Å². The molecule has 0 aliphatic rings. The number of aromatic nitrogens is 2. The quantitative estimate of drug-likeness (QED) is 0.895. The Hall–Kier alpha value is -1.84. The molecule has 7 heteroatoms. The SMILES string of the molecule is CNc1ncc(Br)c(Nc2cc(Cl)ccc2C#N)n1. The number of benzene rings is 1. The molecule has 19 heavy (non-hydrogen) atoms. The Morgan fingerprint density at radius 2 is 2.21 bits per heavy atom. The normalized spacial score (nSPS) is 9.79. The van der Waals surface area contributed by atoms with Crippen molar-refractivity contribution in [1.82, 2.24) is 9.97 Å². The topological polar surface area (TPSA) is 73.6 Å². The molecule has 0 radical (unpaired) electrons. The summed E-state index contributed by atoms with van der Waals surface area (Å²) in [6.07, 6.45) is 1.62. The number of anilines is 3. The first kappa shape index (κ1) is 13.6. The van der Waals surface area contributed by atoms with Crippen molar-refractivity contribution in [3.63, 3.8) is 0 Å². The van der Waals surface area contributed by atoms with Gasteiger partial charge in [-0.1, -0.05) is 11.6 Å². The van der Waals surface area contributed by atoms with Crippen LogP contribution in [0.4, 0.5) is 17.5 Å². The van der Waals surface area contributed by atoms with Crippen LogP contribution in [0.5, 0.6) is 0 Å². The molecule has 0 bridgehead atoms. The molecule has 5 nitrogen and oxygen atoms in total. The fourth-order valence-electron chi connectivity index (χ4n) is 1.42. The molecule has 1 aromatic carbocycles. The van der Waals surface area contributed by atoms with Crippen molar-refractivity contribution in [3.8, 4) is 6.07 Å². The van der Waals surface area contributed by atoms with E-state index in [9.17, 15) is 0 Å². The maximum atomic E-state index is 9.07. The molecule has 2 N–H and O–H groups in total. The monoisotopic (exact) mass is 337 g/mol. The minimum atomic E-state index is 0.478. The van der Waals surface area contributed by atoms with Crippen molar-refractivity contribution in [2.75, 3.05) is 17.7 Å². The van der Waals surface area contributed by atoms with Gasteiger partial charge in [0.05, 0.1) is 15.7 Å². The standard InChI is InChI=1S/C12H9BrClN5/c1-16-12-17-6-9(13)11(19-12)18-10-4-8(14)3-2-7(10)5-15/h2-4,6H,1H3,(H2,16,17,18,19). The van der Waals surface area contributed by atoms with E-state index in [0.717, 1.165) is 0 Å². The van der Waals surface area contributed by atoms with Crippen LogP contribution in [0.15, 0.2) is 28.9 Å². The van der Waals surface area contributed by atoms with E-state index in [4.69, 9.17) is 16.9 Å². The third kappa shape index (κ3) is 3.13. The van der Waals surface area contributed by atoms with Gasteiger partial charge >= 0.3 is 0 Å². The van der Waals surface area contributed by atoms with Crippen LogP contribution < -0.4 is 10.6 Å². The second kappa shape index (κ2) is 5.87. The summed E-state index contributed by atoms with van der Waals surface area (Å²) in [5.41, 5.74) is 1.08. The molecule has 1 aromatic heterocycles. The molecule has 0 aliphatic carbocycles. The molecular formula is C12H9BrClN5. The van der Waals surface area contributed by atoms with Gasteiger partial charge in [0, 0.05) is 18.3 Å². The van der Waals surface area contributed by atoms with Crippen LogP contribution in [0.25, 0.3) is 0 Å². The van der Waals surface area contributed by atoms with Crippen molar-refractivity contribution in [2.45, 2.75) is 0 Å². The van der Waals surface area contributed by atoms with Crippen LogP contribution in [-0.4, -0.2) is 17.0 Å². The molecule has 0 saturated heterocycles. The van der Waals surface area contributed by atoms with Gasteiger partial charge in [0.15, 0.2) is 0 Å². The van der Waals surface area contributed by atoms with E-state index in [1.807, 2.05) is 0 Å². The minimum Gasteiger partial charge on any atom is -0.357 e. The number of hydrogen-bond acceptors (Lipinski definition) is 5. The fourth-order valence-corrected chi connectivity index (χ4v) is 1.88. The van der Waals surface area contributed by atoms with Gasteiger partial charge in [0.1, 0.15) is 11.9 Å². The van der Waals surface area contributed by atoms with Gasteiger partial charge < -0.3 is 10.6 Å². The molecule has 0 saturated carbocycles.